The van der Waals surface area contributed by atoms with Gasteiger partial charge in [0.25, 0.3) is 0 Å². The van der Waals surface area contributed by atoms with Crippen LogP contribution in [0, 0.1) is 12.8 Å². The van der Waals surface area contributed by atoms with Gasteiger partial charge in [0.2, 0.25) is 5.91 Å². The second-order valence-electron chi connectivity index (χ2n) is 7.60. The predicted octanol–water partition coefficient (Wildman–Crippen LogP) is 3.98. The average molecular weight is 386 g/mol. The molecule has 0 bridgehead atoms. The van der Waals surface area contributed by atoms with Gasteiger partial charge in [-0.1, -0.05) is 60.2 Å². The third-order valence-corrected chi connectivity index (χ3v) is 5.34. The molecular formula is C24H26N4O. The maximum atomic E-state index is 12.8. The quantitative estimate of drug-likeness (QED) is 0.720. The average Bonchev–Trinajstić information content (AvgIpc) is 2.78. The molecule has 0 saturated carbocycles. The first-order valence-electron chi connectivity index (χ1n) is 10.2. The third-order valence-electron chi connectivity index (χ3n) is 5.34. The lowest BCUT2D eigenvalue weighted by Gasteiger charge is -2.33. The number of piperidine rings is 1. The molecule has 2 aromatic carbocycles. The van der Waals surface area contributed by atoms with Crippen LogP contribution in [0.1, 0.15) is 24.0 Å². The molecule has 4 rings (SSSR count). The lowest BCUT2D eigenvalue weighted by atomic mass is 9.97. The smallest absolute Gasteiger partial charge is 0.225 e. The highest BCUT2D eigenvalue weighted by Crippen LogP contribution is 2.24. The fourth-order valence-electron chi connectivity index (χ4n) is 3.81. The first-order chi connectivity index (χ1) is 14.2. The Morgan fingerprint density at radius 3 is 2.83 bits per heavy atom. The summed E-state index contributed by atoms with van der Waals surface area (Å²) < 4.78 is 0. The van der Waals surface area contributed by atoms with Crippen LogP contribution in [-0.4, -0.2) is 29.0 Å². The van der Waals surface area contributed by atoms with E-state index in [1.54, 1.807) is 6.20 Å². The fraction of sp³-hybridized carbons (Fsp3) is 0.292. The highest BCUT2D eigenvalue weighted by Gasteiger charge is 2.26. The Kier molecular flexibility index (Phi) is 5.84. The Balaban J connectivity index is 1.41. The molecule has 1 aromatic heterocycles. The van der Waals surface area contributed by atoms with E-state index >= 15 is 0 Å². The second-order valence-corrected chi connectivity index (χ2v) is 7.60. The van der Waals surface area contributed by atoms with Crippen molar-refractivity contribution in [2.75, 3.05) is 18.0 Å². The number of benzene rings is 2. The zero-order valence-corrected chi connectivity index (χ0v) is 16.7. The zero-order valence-electron chi connectivity index (χ0n) is 16.7. The van der Waals surface area contributed by atoms with Crippen LogP contribution in [0.5, 0.6) is 0 Å². The minimum absolute atomic E-state index is 0.0244. The SMILES string of the molecule is Cc1cccc(CNC(=O)[C@@H]2CCCN(c3ccnc(-c4ccccc4)n3)C2)c1. The number of anilines is 1. The van der Waals surface area contributed by atoms with Crippen molar-refractivity contribution < 1.29 is 4.79 Å². The number of amides is 1. The van der Waals surface area contributed by atoms with E-state index in [4.69, 9.17) is 4.98 Å². The second kappa shape index (κ2) is 8.86. The summed E-state index contributed by atoms with van der Waals surface area (Å²) in [6, 6.07) is 20.2. The normalized spacial score (nSPS) is 16.4. The number of hydrogen-bond acceptors (Lipinski definition) is 4. The van der Waals surface area contributed by atoms with Crippen LogP contribution in [0.15, 0.2) is 66.9 Å². The first-order valence-corrected chi connectivity index (χ1v) is 10.2. The third kappa shape index (κ3) is 4.80. The van der Waals surface area contributed by atoms with Gasteiger partial charge < -0.3 is 10.2 Å². The van der Waals surface area contributed by atoms with Gasteiger partial charge in [-0.05, 0) is 31.4 Å². The van der Waals surface area contributed by atoms with Crippen LogP contribution in [0.25, 0.3) is 11.4 Å². The molecule has 1 fully saturated rings. The minimum Gasteiger partial charge on any atom is -0.356 e. The van der Waals surface area contributed by atoms with Gasteiger partial charge in [0.05, 0.1) is 5.92 Å². The first kappa shape index (κ1) is 19.1. The van der Waals surface area contributed by atoms with Gasteiger partial charge in [0, 0.05) is 31.4 Å². The van der Waals surface area contributed by atoms with E-state index in [0.717, 1.165) is 36.3 Å². The van der Waals surface area contributed by atoms with Gasteiger partial charge in [0.1, 0.15) is 5.82 Å². The molecule has 1 aliphatic rings. The van der Waals surface area contributed by atoms with Gasteiger partial charge >= 0.3 is 0 Å². The monoisotopic (exact) mass is 386 g/mol. The number of aryl methyl sites for hydroxylation is 1. The highest BCUT2D eigenvalue weighted by molar-refractivity contribution is 5.79. The van der Waals surface area contributed by atoms with Crippen molar-refractivity contribution in [3.8, 4) is 11.4 Å². The summed E-state index contributed by atoms with van der Waals surface area (Å²) in [5.74, 6) is 1.70. The van der Waals surface area contributed by atoms with Crippen LogP contribution < -0.4 is 10.2 Å². The van der Waals surface area contributed by atoms with E-state index in [-0.39, 0.29) is 11.8 Å². The molecule has 1 aliphatic heterocycles. The number of nitrogens with one attached hydrogen (secondary N) is 1. The maximum Gasteiger partial charge on any atom is 0.225 e. The van der Waals surface area contributed by atoms with Crippen molar-refractivity contribution in [3.05, 3.63) is 78.0 Å². The van der Waals surface area contributed by atoms with Crippen molar-refractivity contribution in [1.29, 1.82) is 0 Å². The Labute approximate surface area is 171 Å². The number of hydrogen-bond donors (Lipinski definition) is 1. The van der Waals surface area contributed by atoms with Gasteiger partial charge in [-0.3, -0.25) is 4.79 Å². The van der Waals surface area contributed by atoms with E-state index in [0.29, 0.717) is 18.9 Å². The van der Waals surface area contributed by atoms with Crippen LogP contribution >= 0.6 is 0 Å². The molecule has 2 heterocycles. The molecule has 5 heteroatoms. The Morgan fingerprint density at radius 2 is 2.00 bits per heavy atom. The molecule has 0 radical (unpaired) electrons. The Bertz CT molecular complexity index is 973. The van der Waals surface area contributed by atoms with Crippen molar-refractivity contribution in [1.82, 2.24) is 15.3 Å². The lowest BCUT2D eigenvalue weighted by Crippen LogP contribution is -2.43. The van der Waals surface area contributed by atoms with E-state index in [9.17, 15) is 4.79 Å². The van der Waals surface area contributed by atoms with Crippen molar-refractivity contribution in [2.24, 2.45) is 5.92 Å². The predicted molar refractivity (Wildman–Crippen MR) is 115 cm³/mol. The summed E-state index contributed by atoms with van der Waals surface area (Å²) in [5.41, 5.74) is 3.34. The van der Waals surface area contributed by atoms with Crippen LogP contribution in [0.4, 0.5) is 5.82 Å². The summed E-state index contributed by atoms with van der Waals surface area (Å²) in [4.78, 5) is 24.1. The molecule has 1 amide bonds. The molecule has 1 N–H and O–H groups in total. The molecule has 1 saturated heterocycles. The molecule has 5 nitrogen and oxygen atoms in total. The van der Waals surface area contributed by atoms with Crippen molar-refractivity contribution in [2.45, 2.75) is 26.3 Å². The number of aromatic nitrogens is 2. The number of nitrogens with zero attached hydrogens (tertiary/aromatic N) is 3. The molecule has 3 aromatic rings. The van der Waals surface area contributed by atoms with Crippen LogP contribution in [0.2, 0.25) is 0 Å². The number of carbonyl (C=O) groups excluding carboxylic acids is 1. The number of rotatable bonds is 5. The summed E-state index contributed by atoms with van der Waals surface area (Å²) >= 11 is 0. The summed E-state index contributed by atoms with van der Waals surface area (Å²) in [6.07, 6.45) is 3.69. The standard InChI is InChI=1S/C24H26N4O/c1-18-7-5-8-19(15-18)16-26-24(29)21-11-6-14-28(17-21)22-12-13-25-23(27-22)20-9-3-2-4-10-20/h2-5,7-10,12-13,15,21H,6,11,14,16-17H2,1H3,(H,26,29)/t21-/m1/s1. The highest BCUT2D eigenvalue weighted by atomic mass is 16.1. The summed E-state index contributed by atoms with van der Waals surface area (Å²) in [5, 5.41) is 3.11. The van der Waals surface area contributed by atoms with Gasteiger partial charge in [-0.2, -0.15) is 0 Å². The fourth-order valence-corrected chi connectivity index (χ4v) is 3.81. The summed E-state index contributed by atoms with van der Waals surface area (Å²) in [6.45, 7) is 4.23. The van der Waals surface area contributed by atoms with E-state index in [1.165, 1.54) is 5.56 Å². The van der Waals surface area contributed by atoms with E-state index in [2.05, 4.69) is 34.3 Å². The van der Waals surface area contributed by atoms with Gasteiger partial charge in [-0.15, -0.1) is 0 Å². The molecule has 148 valence electrons. The van der Waals surface area contributed by atoms with Crippen molar-refractivity contribution >= 4 is 11.7 Å². The number of carbonyl (C=O) groups is 1. The lowest BCUT2D eigenvalue weighted by molar-refractivity contribution is -0.125. The van der Waals surface area contributed by atoms with Gasteiger partial charge in [-0.25, -0.2) is 9.97 Å². The molecule has 0 aliphatic carbocycles. The molecule has 0 spiro atoms. The Morgan fingerprint density at radius 1 is 1.14 bits per heavy atom. The molecule has 0 unspecified atom stereocenters. The Hall–Kier alpha value is -3.21. The molecule has 1 atom stereocenters. The van der Waals surface area contributed by atoms with E-state index < -0.39 is 0 Å². The zero-order chi connectivity index (χ0) is 20.1. The summed E-state index contributed by atoms with van der Waals surface area (Å²) in [7, 11) is 0. The molecule has 29 heavy (non-hydrogen) atoms. The maximum absolute atomic E-state index is 12.8. The largest absolute Gasteiger partial charge is 0.356 e. The van der Waals surface area contributed by atoms with Gasteiger partial charge in [0.15, 0.2) is 5.82 Å². The van der Waals surface area contributed by atoms with E-state index in [1.807, 2.05) is 48.5 Å². The topological polar surface area (TPSA) is 58.1 Å². The minimum atomic E-state index is -0.0244. The van der Waals surface area contributed by atoms with Crippen molar-refractivity contribution in [3.63, 3.8) is 0 Å². The molecular weight excluding hydrogens is 360 g/mol. The van der Waals surface area contributed by atoms with Crippen LogP contribution in [-0.2, 0) is 11.3 Å². The van der Waals surface area contributed by atoms with Crippen LogP contribution in [0.3, 0.4) is 0 Å².